The number of aromatic hydroxyl groups is 1. The number of rotatable bonds is 4. The Morgan fingerprint density at radius 3 is 2.84 bits per heavy atom. The van der Waals surface area contributed by atoms with Gasteiger partial charge in [0.1, 0.15) is 11.4 Å². The van der Waals surface area contributed by atoms with E-state index in [1.54, 1.807) is 24.3 Å². The first-order valence-corrected chi connectivity index (χ1v) is 6.11. The molecular weight excluding hydrogens is 244 g/mol. The molecule has 0 bridgehead atoms. The zero-order valence-electron chi connectivity index (χ0n) is 10.9. The Labute approximate surface area is 111 Å². The van der Waals surface area contributed by atoms with Crippen LogP contribution in [0.3, 0.4) is 0 Å². The van der Waals surface area contributed by atoms with Crippen molar-refractivity contribution >= 4 is 5.91 Å². The maximum Gasteiger partial charge on any atom is 0.289 e. The Morgan fingerprint density at radius 1 is 1.42 bits per heavy atom. The summed E-state index contributed by atoms with van der Waals surface area (Å²) in [6.07, 6.45) is 0. The molecule has 19 heavy (non-hydrogen) atoms. The summed E-state index contributed by atoms with van der Waals surface area (Å²) in [4.78, 5) is 11.8. The van der Waals surface area contributed by atoms with Crippen LogP contribution in [0.1, 0.15) is 24.4 Å². The van der Waals surface area contributed by atoms with Crippen molar-refractivity contribution in [1.82, 2.24) is 10.5 Å². The molecule has 1 amide bonds. The van der Waals surface area contributed by atoms with E-state index < -0.39 is 0 Å². The highest BCUT2D eigenvalue weighted by Crippen LogP contribution is 2.27. The Balaban J connectivity index is 2.15. The third-order valence-corrected chi connectivity index (χ3v) is 2.58. The van der Waals surface area contributed by atoms with Gasteiger partial charge in [-0.1, -0.05) is 31.1 Å². The highest BCUT2D eigenvalue weighted by Gasteiger charge is 2.15. The largest absolute Gasteiger partial charge is 0.507 e. The average molecular weight is 260 g/mol. The lowest BCUT2D eigenvalue weighted by molar-refractivity contribution is 0.0912. The Hall–Kier alpha value is -2.30. The molecule has 0 aliphatic heterocycles. The molecule has 2 rings (SSSR count). The fourth-order valence-corrected chi connectivity index (χ4v) is 1.58. The first-order chi connectivity index (χ1) is 9.08. The van der Waals surface area contributed by atoms with E-state index in [2.05, 4.69) is 10.5 Å². The molecule has 0 unspecified atom stereocenters. The van der Waals surface area contributed by atoms with Gasteiger partial charge in [0.25, 0.3) is 5.91 Å². The van der Waals surface area contributed by atoms with Gasteiger partial charge in [-0.15, -0.1) is 0 Å². The number of carbonyl (C=O) groups is 1. The molecule has 5 heteroatoms. The molecule has 2 aromatic rings. The third-order valence-electron chi connectivity index (χ3n) is 2.58. The van der Waals surface area contributed by atoms with Crippen LogP contribution in [0.4, 0.5) is 0 Å². The fraction of sp³-hybridized carbons (Fsp3) is 0.286. The van der Waals surface area contributed by atoms with Crippen LogP contribution in [0.15, 0.2) is 34.9 Å². The fourth-order valence-electron chi connectivity index (χ4n) is 1.58. The molecule has 1 aromatic carbocycles. The molecule has 0 saturated heterocycles. The van der Waals surface area contributed by atoms with Crippen LogP contribution in [0.2, 0.25) is 0 Å². The van der Waals surface area contributed by atoms with E-state index in [1.807, 2.05) is 13.8 Å². The van der Waals surface area contributed by atoms with E-state index in [1.165, 1.54) is 6.07 Å². The standard InChI is InChI=1S/C14H16N2O3/c1-9(2)8-15-14(18)13-7-11(16-19-13)10-5-3-4-6-12(10)17/h3-7,9,17H,8H2,1-2H3,(H,15,18). The molecule has 0 fully saturated rings. The van der Waals surface area contributed by atoms with Gasteiger partial charge in [-0.2, -0.15) is 0 Å². The lowest BCUT2D eigenvalue weighted by atomic mass is 10.1. The highest BCUT2D eigenvalue weighted by molar-refractivity contribution is 5.92. The average Bonchev–Trinajstić information content (AvgIpc) is 2.86. The predicted molar refractivity (Wildman–Crippen MR) is 70.8 cm³/mol. The summed E-state index contributed by atoms with van der Waals surface area (Å²) in [6, 6.07) is 8.29. The second-order valence-corrected chi connectivity index (χ2v) is 4.70. The normalized spacial score (nSPS) is 10.7. The van der Waals surface area contributed by atoms with Crippen molar-refractivity contribution in [3.8, 4) is 17.0 Å². The summed E-state index contributed by atoms with van der Waals surface area (Å²) >= 11 is 0. The van der Waals surface area contributed by atoms with Gasteiger partial charge in [-0.3, -0.25) is 4.79 Å². The minimum atomic E-state index is -0.303. The van der Waals surface area contributed by atoms with Crippen LogP contribution < -0.4 is 5.32 Å². The van der Waals surface area contributed by atoms with Crippen molar-refractivity contribution < 1.29 is 14.4 Å². The number of amides is 1. The number of benzene rings is 1. The monoisotopic (exact) mass is 260 g/mol. The number of aromatic nitrogens is 1. The molecule has 2 N–H and O–H groups in total. The summed E-state index contributed by atoms with van der Waals surface area (Å²) in [7, 11) is 0. The molecule has 1 heterocycles. The second kappa shape index (κ2) is 5.56. The molecule has 100 valence electrons. The smallest absolute Gasteiger partial charge is 0.289 e. The SMILES string of the molecule is CC(C)CNC(=O)c1cc(-c2ccccc2O)no1. The van der Waals surface area contributed by atoms with Crippen molar-refractivity contribution in [3.63, 3.8) is 0 Å². The first-order valence-electron chi connectivity index (χ1n) is 6.11. The minimum absolute atomic E-state index is 0.102. The summed E-state index contributed by atoms with van der Waals surface area (Å²) < 4.78 is 4.99. The Morgan fingerprint density at radius 2 is 2.16 bits per heavy atom. The number of hydrogen-bond acceptors (Lipinski definition) is 4. The van der Waals surface area contributed by atoms with E-state index >= 15 is 0 Å². The number of hydrogen-bond donors (Lipinski definition) is 2. The van der Waals surface area contributed by atoms with Crippen molar-refractivity contribution in [1.29, 1.82) is 0 Å². The molecular formula is C14H16N2O3. The highest BCUT2D eigenvalue weighted by atomic mass is 16.5. The molecule has 0 spiro atoms. The number of phenols is 1. The molecule has 5 nitrogen and oxygen atoms in total. The zero-order valence-corrected chi connectivity index (χ0v) is 10.9. The van der Waals surface area contributed by atoms with Gasteiger partial charge in [0.05, 0.1) is 0 Å². The molecule has 0 radical (unpaired) electrons. The van der Waals surface area contributed by atoms with E-state index in [0.717, 1.165) is 0 Å². The van der Waals surface area contributed by atoms with Gasteiger partial charge in [-0.05, 0) is 18.1 Å². The lowest BCUT2D eigenvalue weighted by Crippen LogP contribution is -2.26. The summed E-state index contributed by atoms with van der Waals surface area (Å²) in [5.41, 5.74) is 0.974. The molecule has 0 saturated carbocycles. The van der Waals surface area contributed by atoms with E-state index in [-0.39, 0.29) is 17.4 Å². The molecule has 0 aliphatic rings. The summed E-state index contributed by atoms with van der Waals surface area (Å²) in [5.74, 6) is 0.302. The second-order valence-electron chi connectivity index (χ2n) is 4.70. The van der Waals surface area contributed by atoms with Crippen LogP contribution in [0.25, 0.3) is 11.3 Å². The van der Waals surface area contributed by atoms with Gasteiger partial charge in [0.2, 0.25) is 5.76 Å². The zero-order chi connectivity index (χ0) is 13.8. The maximum atomic E-state index is 11.8. The topological polar surface area (TPSA) is 75.4 Å². The predicted octanol–water partition coefficient (Wildman–Crippen LogP) is 2.43. The minimum Gasteiger partial charge on any atom is -0.507 e. The quantitative estimate of drug-likeness (QED) is 0.885. The van der Waals surface area contributed by atoms with Gasteiger partial charge < -0.3 is 14.9 Å². The van der Waals surface area contributed by atoms with Gasteiger partial charge in [0.15, 0.2) is 0 Å². The summed E-state index contributed by atoms with van der Waals surface area (Å²) in [6.45, 7) is 4.59. The van der Waals surface area contributed by atoms with Crippen molar-refractivity contribution in [3.05, 3.63) is 36.1 Å². The number of para-hydroxylation sites is 1. The Bertz CT molecular complexity index is 576. The van der Waals surface area contributed by atoms with Crippen molar-refractivity contribution in [2.45, 2.75) is 13.8 Å². The van der Waals surface area contributed by atoms with Crippen LogP contribution in [-0.2, 0) is 0 Å². The third kappa shape index (κ3) is 3.13. The number of carbonyl (C=O) groups excluding carboxylic acids is 1. The molecule has 0 atom stereocenters. The van der Waals surface area contributed by atoms with Crippen LogP contribution >= 0.6 is 0 Å². The van der Waals surface area contributed by atoms with E-state index in [0.29, 0.717) is 23.7 Å². The van der Waals surface area contributed by atoms with Gasteiger partial charge >= 0.3 is 0 Å². The molecule has 1 aromatic heterocycles. The number of phenolic OH excluding ortho intramolecular Hbond substituents is 1. The first kappa shape index (κ1) is 13.1. The van der Waals surface area contributed by atoms with Crippen molar-refractivity contribution in [2.75, 3.05) is 6.54 Å². The lowest BCUT2D eigenvalue weighted by Gasteiger charge is -2.04. The van der Waals surface area contributed by atoms with Crippen LogP contribution in [0, 0.1) is 5.92 Å². The Kier molecular flexibility index (Phi) is 3.85. The van der Waals surface area contributed by atoms with Crippen LogP contribution in [-0.4, -0.2) is 22.7 Å². The summed E-state index contributed by atoms with van der Waals surface area (Å²) in [5, 5.41) is 16.2. The maximum absolute atomic E-state index is 11.8. The van der Waals surface area contributed by atoms with Crippen LogP contribution in [0.5, 0.6) is 5.75 Å². The number of nitrogens with one attached hydrogen (secondary N) is 1. The van der Waals surface area contributed by atoms with E-state index in [9.17, 15) is 9.90 Å². The van der Waals surface area contributed by atoms with Crippen molar-refractivity contribution in [2.24, 2.45) is 5.92 Å². The van der Waals surface area contributed by atoms with E-state index in [4.69, 9.17) is 4.52 Å². The van der Waals surface area contributed by atoms with Gasteiger partial charge in [0, 0.05) is 18.2 Å². The molecule has 0 aliphatic carbocycles. The van der Waals surface area contributed by atoms with Gasteiger partial charge in [-0.25, -0.2) is 0 Å². The number of nitrogens with zero attached hydrogens (tertiary/aromatic N) is 1.